The first-order valence-electron chi connectivity index (χ1n) is 7.78. The molecule has 3 rings (SSSR count). The molecule has 2 heteroatoms. The molecule has 1 saturated carbocycles. The molecule has 0 spiro atoms. The summed E-state index contributed by atoms with van der Waals surface area (Å²) >= 11 is 0. The fourth-order valence-corrected chi connectivity index (χ4v) is 3.69. The van der Waals surface area contributed by atoms with Crippen LogP contribution in [0.5, 0.6) is 5.75 Å². The highest BCUT2D eigenvalue weighted by Crippen LogP contribution is 2.41. The zero-order chi connectivity index (χ0) is 13.2. The number of hydrogen-bond acceptors (Lipinski definition) is 2. The number of hydrogen-bond donors (Lipinski definition) is 1. The largest absolute Gasteiger partial charge is 0.493 e. The van der Waals surface area contributed by atoms with Crippen LogP contribution in [0.3, 0.4) is 0 Å². The Morgan fingerprint density at radius 1 is 1.32 bits per heavy atom. The SMILES string of the molecule is CCCNC1CCC(c2ccc3c(c2)CCO3)C1C. The minimum atomic E-state index is 0.703. The van der Waals surface area contributed by atoms with Crippen molar-refractivity contribution in [1.82, 2.24) is 5.32 Å². The summed E-state index contributed by atoms with van der Waals surface area (Å²) in [4.78, 5) is 0. The molecule has 1 N–H and O–H groups in total. The van der Waals surface area contributed by atoms with Crippen molar-refractivity contribution < 1.29 is 4.74 Å². The van der Waals surface area contributed by atoms with E-state index in [1.807, 2.05) is 0 Å². The number of rotatable bonds is 4. The number of nitrogens with one attached hydrogen (secondary N) is 1. The highest BCUT2D eigenvalue weighted by Gasteiger charge is 2.33. The van der Waals surface area contributed by atoms with Gasteiger partial charge in [-0.3, -0.25) is 0 Å². The molecule has 0 radical (unpaired) electrons. The third kappa shape index (κ3) is 2.51. The van der Waals surface area contributed by atoms with E-state index in [0.29, 0.717) is 6.04 Å². The first kappa shape index (κ1) is 13.0. The number of ether oxygens (including phenoxy) is 1. The van der Waals surface area contributed by atoms with Gasteiger partial charge in [0.05, 0.1) is 6.61 Å². The summed E-state index contributed by atoms with van der Waals surface area (Å²) in [7, 11) is 0. The molecule has 3 unspecified atom stereocenters. The lowest BCUT2D eigenvalue weighted by Gasteiger charge is -2.22. The highest BCUT2D eigenvalue weighted by molar-refractivity contribution is 5.41. The van der Waals surface area contributed by atoms with Gasteiger partial charge in [0.2, 0.25) is 0 Å². The Morgan fingerprint density at radius 3 is 3.05 bits per heavy atom. The molecule has 0 amide bonds. The second kappa shape index (κ2) is 5.54. The van der Waals surface area contributed by atoms with Gasteiger partial charge in [-0.1, -0.05) is 26.0 Å². The average Bonchev–Trinajstić information content (AvgIpc) is 3.02. The van der Waals surface area contributed by atoms with Crippen molar-refractivity contribution in [3.05, 3.63) is 29.3 Å². The van der Waals surface area contributed by atoms with Gasteiger partial charge in [0.1, 0.15) is 5.75 Å². The Morgan fingerprint density at radius 2 is 2.21 bits per heavy atom. The predicted molar refractivity (Wildman–Crippen MR) is 78.9 cm³/mol. The highest BCUT2D eigenvalue weighted by atomic mass is 16.5. The summed E-state index contributed by atoms with van der Waals surface area (Å²) < 4.78 is 5.60. The van der Waals surface area contributed by atoms with Crippen molar-refractivity contribution in [2.24, 2.45) is 5.92 Å². The van der Waals surface area contributed by atoms with Crippen LogP contribution < -0.4 is 10.1 Å². The third-order valence-corrected chi connectivity index (χ3v) is 4.86. The summed E-state index contributed by atoms with van der Waals surface area (Å²) in [5.74, 6) is 2.57. The van der Waals surface area contributed by atoms with Crippen LogP contribution in [-0.2, 0) is 6.42 Å². The van der Waals surface area contributed by atoms with E-state index < -0.39 is 0 Å². The van der Waals surface area contributed by atoms with Gasteiger partial charge in [-0.15, -0.1) is 0 Å². The second-order valence-electron chi connectivity index (χ2n) is 6.07. The molecule has 1 heterocycles. The van der Waals surface area contributed by atoms with Crippen molar-refractivity contribution in [3.63, 3.8) is 0 Å². The van der Waals surface area contributed by atoms with Gasteiger partial charge in [0, 0.05) is 12.5 Å². The van der Waals surface area contributed by atoms with Gasteiger partial charge in [0.15, 0.2) is 0 Å². The quantitative estimate of drug-likeness (QED) is 0.893. The van der Waals surface area contributed by atoms with Gasteiger partial charge < -0.3 is 10.1 Å². The maximum atomic E-state index is 5.60. The first-order valence-corrected chi connectivity index (χ1v) is 7.78. The van der Waals surface area contributed by atoms with E-state index in [-0.39, 0.29) is 0 Å². The third-order valence-electron chi connectivity index (χ3n) is 4.86. The number of fused-ring (bicyclic) bond motifs is 1. The summed E-state index contributed by atoms with van der Waals surface area (Å²) in [6.07, 6.45) is 4.95. The topological polar surface area (TPSA) is 21.3 Å². The normalized spacial score (nSPS) is 29.3. The van der Waals surface area contributed by atoms with Gasteiger partial charge in [-0.05, 0) is 54.8 Å². The maximum absolute atomic E-state index is 5.60. The van der Waals surface area contributed by atoms with Crippen LogP contribution in [0.2, 0.25) is 0 Å². The molecule has 0 bridgehead atoms. The van der Waals surface area contributed by atoms with E-state index in [4.69, 9.17) is 4.74 Å². The van der Waals surface area contributed by atoms with E-state index in [1.165, 1.54) is 30.4 Å². The van der Waals surface area contributed by atoms with Crippen LogP contribution in [0, 0.1) is 5.92 Å². The molecule has 104 valence electrons. The van der Waals surface area contributed by atoms with Crippen LogP contribution in [0.4, 0.5) is 0 Å². The molecule has 1 aliphatic heterocycles. The van der Waals surface area contributed by atoms with Crippen LogP contribution in [0.1, 0.15) is 50.2 Å². The molecule has 3 atom stereocenters. The zero-order valence-corrected chi connectivity index (χ0v) is 12.1. The molecule has 2 aliphatic rings. The van der Waals surface area contributed by atoms with Gasteiger partial charge >= 0.3 is 0 Å². The molecule has 0 aromatic heterocycles. The van der Waals surface area contributed by atoms with Crippen LogP contribution in [-0.4, -0.2) is 19.2 Å². The predicted octanol–water partition coefficient (Wildman–Crippen LogP) is 3.50. The standard InChI is InChI=1S/C17H25NO/c1-3-9-18-16-6-5-15(12(16)2)13-4-7-17-14(11-13)8-10-19-17/h4,7,11-12,15-16,18H,3,5-6,8-10H2,1-2H3. The minimum Gasteiger partial charge on any atom is -0.493 e. The molecule has 0 saturated heterocycles. The van der Waals surface area contributed by atoms with E-state index in [9.17, 15) is 0 Å². The van der Waals surface area contributed by atoms with E-state index in [1.54, 1.807) is 0 Å². The van der Waals surface area contributed by atoms with Crippen LogP contribution in [0.15, 0.2) is 18.2 Å². The second-order valence-corrected chi connectivity index (χ2v) is 6.07. The fourth-order valence-electron chi connectivity index (χ4n) is 3.69. The molecule has 1 fully saturated rings. The monoisotopic (exact) mass is 259 g/mol. The Kier molecular flexibility index (Phi) is 3.79. The maximum Gasteiger partial charge on any atom is 0.122 e. The Bertz CT molecular complexity index is 443. The minimum absolute atomic E-state index is 0.703. The number of benzene rings is 1. The van der Waals surface area contributed by atoms with Crippen molar-refractivity contribution in [2.75, 3.05) is 13.2 Å². The lowest BCUT2D eigenvalue weighted by molar-refractivity contribution is 0.356. The van der Waals surface area contributed by atoms with Crippen molar-refractivity contribution >= 4 is 0 Å². The molecule has 1 aliphatic carbocycles. The lowest BCUT2D eigenvalue weighted by atomic mass is 9.88. The van der Waals surface area contributed by atoms with Crippen LogP contribution >= 0.6 is 0 Å². The van der Waals surface area contributed by atoms with E-state index in [2.05, 4.69) is 37.4 Å². The van der Waals surface area contributed by atoms with E-state index >= 15 is 0 Å². The van der Waals surface area contributed by atoms with Gasteiger partial charge in [0.25, 0.3) is 0 Å². The lowest BCUT2D eigenvalue weighted by Crippen LogP contribution is -2.32. The fraction of sp³-hybridized carbons (Fsp3) is 0.647. The zero-order valence-electron chi connectivity index (χ0n) is 12.1. The van der Waals surface area contributed by atoms with Gasteiger partial charge in [-0.2, -0.15) is 0 Å². The van der Waals surface area contributed by atoms with Crippen LogP contribution in [0.25, 0.3) is 0 Å². The molecule has 1 aromatic rings. The van der Waals surface area contributed by atoms with E-state index in [0.717, 1.165) is 37.2 Å². The van der Waals surface area contributed by atoms with Gasteiger partial charge in [-0.25, -0.2) is 0 Å². The molecular formula is C17H25NO. The average molecular weight is 259 g/mol. The summed E-state index contributed by atoms with van der Waals surface area (Å²) in [5.41, 5.74) is 2.94. The first-order chi connectivity index (χ1) is 9.29. The van der Waals surface area contributed by atoms with Crippen molar-refractivity contribution in [3.8, 4) is 5.75 Å². The molecule has 2 nitrogen and oxygen atoms in total. The molecular weight excluding hydrogens is 234 g/mol. The van der Waals surface area contributed by atoms with Crippen molar-refractivity contribution in [2.45, 2.75) is 51.5 Å². The Labute approximate surface area is 116 Å². The van der Waals surface area contributed by atoms with Crippen molar-refractivity contribution in [1.29, 1.82) is 0 Å². The molecule has 19 heavy (non-hydrogen) atoms. The smallest absolute Gasteiger partial charge is 0.122 e. The Balaban J connectivity index is 1.72. The Hall–Kier alpha value is -1.02. The summed E-state index contributed by atoms with van der Waals surface area (Å²) in [5, 5.41) is 3.71. The summed E-state index contributed by atoms with van der Waals surface area (Å²) in [6, 6.07) is 7.56. The molecule has 1 aromatic carbocycles. The summed E-state index contributed by atoms with van der Waals surface area (Å²) in [6.45, 7) is 6.67.